The first-order valence-corrected chi connectivity index (χ1v) is 6.29. The lowest BCUT2D eigenvalue weighted by Gasteiger charge is -2.23. The zero-order chi connectivity index (χ0) is 15.2. The van der Waals surface area contributed by atoms with Crippen molar-refractivity contribution in [1.82, 2.24) is 5.32 Å². The van der Waals surface area contributed by atoms with E-state index in [9.17, 15) is 9.59 Å². The monoisotopic (exact) mass is 277 g/mol. The van der Waals surface area contributed by atoms with Gasteiger partial charge >= 0.3 is 5.97 Å². The molecule has 108 valence electrons. The van der Waals surface area contributed by atoms with E-state index in [1.807, 2.05) is 12.1 Å². The molecule has 1 aromatic carbocycles. The number of aliphatic carboxylic acids is 1. The first kappa shape index (κ1) is 15.8. The van der Waals surface area contributed by atoms with Crippen LogP contribution in [0.3, 0.4) is 0 Å². The average Bonchev–Trinajstić information content (AvgIpc) is 2.45. The number of carboxylic acids is 1. The summed E-state index contributed by atoms with van der Waals surface area (Å²) in [5.74, 6) is -0.806. The summed E-state index contributed by atoms with van der Waals surface area (Å²) >= 11 is 0. The summed E-state index contributed by atoms with van der Waals surface area (Å²) in [7, 11) is 1.56. The number of carbonyl (C=O) groups excluding carboxylic acids is 1. The van der Waals surface area contributed by atoms with Crippen molar-refractivity contribution in [3.8, 4) is 5.75 Å². The van der Waals surface area contributed by atoms with E-state index in [4.69, 9.17) is 9.84 Å². The highest BCUT2D eigenvalue weighted by molar-refractivity contribution is 5.95. The maximum atomic E-state index is 11.8. The molecule has 20 heavy (non-hydrogen) atoms. The van der Waals surface area contributed by atoms with Crippen LogP contribution in [-0.2, 0) is 9.59 Å². The molecule has 0 aliphatic carbocycles. The van der Waals surface area contributed by atoms with Crippen molar-refractivity contribution in [2.75, 3.05) is 7.11 Å². The van der Waals surface area contributed by atoms with Crippen molar-refractivity contribution in [2.24, 2.45) is 0 Å². The summed E-state index contributed by atoms with van der Waals surface area (Å²) in [6.45, 7) is 3.19. The molecule has 0 saturated carbocycles. The zero-order valence-corrected chi connectivity index (χ0v) is 11.8. The molecule has 5 nitrogen and oxygen atoms in total. The number of hydrogen-bond acceptors (Lipinski definition) is 3. The van der Waals surface area contributed by atoms with Crippen molar-refractivity contribution in [3.05, 3.63) is 35.9 Å². The SMILES string of the molecule is CCC(C)(NC(=O)C=Cc1cccc(OC)c1)C(=O)O. The second-order valence-corrected chi connectivity index (χ2v) is 4.59. The molecule has 0 aromatic heterocycles. The first-order valence-electron chi connectivity index (χ1n) is 6.29. The van der Waals surface area contributed by atoms with Crippen LogP contribution in [0, 0.1) is 0 Å². The van der Waals surface area contributed by atoms with E-state index in [0.29, 0.717) is 12.2 Å². The fraction of sp³-hybridized carbons (Fsp3) is 0.333. The Labute approximate surface area is 118 Å². The number of hydrogen-bond donors (Lipinski definition) is 2. The number of nitrogens with one attached hydrogen (secondary N) is 1. The number of benzene rings is 1. The molecule has 0 saturated heterocycles. The lowest BCUT2D eigenvalue weighted by molar-refractivity contribution is -0.146. The molecule has 1 unspecified atom stereocenters. The third kappa shape index (κ3) is 4.12. The van der Waals surface area contributed by atoms with Crippen LogP contribution in [0.5, 0.6) is 5.75 Å². The number of amides is 1. The summed E-state index contributed by atoms with van der Waals surface area (Å²) in [4.78, 5) is 22.8. The van der Waals surface area contributed by atoms with E-state index >= 15 is 0 Å². The molecule has 0 spiro atoms. The summed E-state index contributed by atoms with van der Waals surface area (Å²) in [6.07, 6.45) is 3.22. The van der Waals surface area contributed by atoms with Crippen molar-refractivity contribution in [2.45, 2.75) is 25.8 Å². The highest BCUT2D eigenvalue weighted by Crippen LogP contribution is 2.14. The molecule has 0 aliphatic rings. The van der Waals surface area contributed by atoms with Crippen LogP contribution in [0.2, 0.25) is 0 Å². The summed E-state index contributed by atoms with van der Waals surface area (Å²) in [5, 5.41) is 11.6. The smallest absolute Gasteiger partial charge is 0.329 e. The van der Waals surface area contributed by atoms with Gasteiger partial charge in [0.25, 0.3) is 0 Å². The summed E-state index contributed by atoms with van der Waals surface area (Å²) < 4.78 is 5.08. The Morgan fingerprint density at radius 1 is 1.45 bits per heavy atom. The quantitative estimate of drug-likeness (QED) is 0.781. The molecule has 5 heteroatoms. The minimum Gasteiger partial charge on any atom is -0.497 e. The maximum Gasteiger partial charge on any atom is 0.329 e. The minimum absolute atomic E-state index is 0.307. The Morgan fingerprint density at radius 2 is 2.15 bits per heavy atom. The van der Waals surface area contributed by atoms with E-state index in [2.05, 4.69) is 5.32 Å². The molecule has 1 aromatic rings. The topological polar surface area (TPSA) is 75.6 Å². The molecule has 0 bridgehead atoms. The van der Waals surface area contributed by atoms with E-state index in [-0.39, 0.29) is 0 Å². The molecule has 0 radical (unpaired) electrons. The van der Waals surface area contributed by atoms with Gasteiger partial charge in [-0.05, 0) is 37.1 Å². The maximum absolute atomic E-state index is 11.8. The van der Waals surface area contributed by atoms with Gasteiger partial charge in [0.05, 0.1) is 7.11 Å². The van der Waals surface area contributed by atoms with Gasteiger partial charge in [-0.2, -0.15) is 0 Å². The Kier molecular flexibility index (Phi) is 5.32. The number of methoxy groups -OCH3 is 1. The second kappa shape index (κ2) is 6.75. The Morgan fingerprint density at radius 3 is 2.70 bits per heavy atom. The summed E-state index contributed by atoms with van der Waals surface area (Å²) in [5.41, 5.74) is -0.455. The number of ether oxygens (including phenoxy) is 1. The standard InChI is InChI=1S/C15H19NO4/c1-4-15(2,14(18)19)16-13(17)9-8-11-6-5-7-12(10-11)20-3/h5-10H,4H2,1-3H3,(H,16,17)(H,18,19). The van der Waals surface area contributed by atoms with Crippen molar-refractivity contribution in [1.29, 1.82) is 0 Å². The van der Waals surface area contributed by atoms with Gasteiger partial charge in [0, 0.05) is 6.08 Å². The predicted molar refractivity (Wildman–Crippen MR) is 76.5 cm³/mol. The lowest BCUT2D eigenvalue weighted by atomic mass is 9.99. The molecular formula is C15H19NO4. The van der Waals surface area contributed by atoms with Gasteiger partial charge in [-0.3, -0.25) is 4.79 Å². The third-order valence-corrected chi connectivity index (χ3v) is 3.10. The second-order valence-electron chi connectivity index (χ2n) is 4.59. The number of rotatable bonds is 6. The van der Waals surface area contributed by atoms with Crippen LogP contribution >= 0.6 is 0 Å². The van der Waals surface area contributed by atoms with Gasteiger partial charge in [-0.25, -0.2) is 4.79 Å². The van der Waals surface area contributed by atoms with Gasteiger partial charge in [0.1, 0.15) is 11.3 Å². The van der Waals surface area contributed by atoms with Gasteiger partial charge in [0.2, 0.25) is 5.91 Å². The number of carbonyl (C=O) groups is 2. The van der Waals surface area contributed by atoms with Crippen molar-refractivity contribution < 1.29 is 19.4 Å². The molecule has 1 atom stereocenters. The van der Waals surface area contributed by atoms with Gasteiger partial charge in [-0.1, -0.05) is 19.1 Å². The minimum atomic E-state index is -1.25. The van der Waals surface area contributed by atoms with Crippen LogP contribution < -0.4 is 10.1 Å². The van der Waals surface area contributed by atoms with Gasteiger partial charge < -0.3 is 15.2 Å². The Bertz CT molecular complexity index is 524. The van der Waals surface area contributed by atoms with E-state index in [0.717, 1.165) is 5.56 Å². The van der Waals surface area contributed by atoms with Crippen molar-refractivity contribution >= 4 is 18.0 Å². The first-order chi connectivity index (χ1) is 9.41. The molecular weight excluding hydrogens is 258 g/mol. The molecule has 1 amide bonds. The van der Waals surface area contributed by atoms with E-state index in [1.165, 1.54) is 13.0 Å². The lowest BCUT2D eigenvalue weighted by Crippen LogP contribution is -2.51. The van der Waals surface area contributed by atoms with E-state index in [1.54, 1.807) is 32.2 Å². The molecule has 0 fully saturated rings. The third-order valence-electron chi connectivity index (χ3n) is 3.10. The highest BCUT2D eigenvalue weighted by atomic mass is 16.5. The largest absolute Gasteiger partial charge is 0.497 e. The van der Waals surface area contributed by atoms with Gasteiger partial charge in [0.15, 0.2) is 0 Å². The van der Waals surface area contributed by atoms with Crippen molar-refractivity contribution in [3.63, 3.8) is 0 Å². The molecule has 1 rings (SSSR count). The van der Waals surface area contributed by atoms with Crippen LogP contribution in [0.4, 0.5) is 0 Å². The predicted octanol–water partition coefficient (Wildman–Crippen LogP) is 2.08. The fourth-order valence-corrected chi connectivity index (χ4v) is 1.52. The van der Waals surface area contributed by atoms with Crippen LogP contribution in [0.15, 0.2) is 30.3 Å². The normalized spacial score (nSPS) is 13.8. The molecule has 2 N–H and O–H groups in total. The van der Waals surface area contributed by atoms with Crippen LogP contribution in [-0.4, -0.2) is 29.6 Å². The van der Waals surface area contributed by atoms with Gasteiger partial charge in [-0.15, -0.1) is 0 Å². The fourth-order valence-electron chi connectivity index (χ4n) is 1.52. The Hall–Kier alpha value is -2.30. The van der Waals surface area contributed by atoms with E-state index < -0.39 is 17.4 Å². The molecule has 0 aliphatic heterocycles. The number of carboxylic acid groups (broad SMARTS) is 1. The summed E-state index contributed by atoms with van der Waals surface area (Å²) in [6, 6.07) is 7.21. The van der Waals surface area contributed by atoms with Crippen LogP contribution in [0.25, 0.3) is 6.08 Å². The average molecular weight is 277 g/mol. The Balaban J connectivity index is 2.75. The highest BCUT2D eigenvalue weighted by Gasteiger charge is 2.31. The van der Waals surface area contributed by atoms with Crippen LogP contribution in [0.1, 0.15) is 25.8 Å². The zero-order valence-electron chi connectivity index (χ0n) is 11.8. The molecule has 0 heterocycles.